The second-order valence-electron chi connectivity index (χ2n) is 5.34. The third-order valence-corrected chi connectivity index (χ3v) is 4.13. The summed E-state index contributed by atoms with van der Waals surface area (Å²) >= 11 is 9.58. The minimum atomic E-state index is -0.123. The average molecular weight is 372 g/mol. The SMILES string of the molecule is CN(C)CCn1ncc(Br)c1C(N)Cc1cccc(Cl)c1. The van der Waals surface area contributed by atoms with Gasteiger partial charge in [-0.05, 0) is 54.1 Å². The lowest BCUT2D eigenvalue weighted by atomic mass is 10.0. The summed E-state index contributed by atoms with van der Waals surface area (Å²) in [7, 11) is 4.09. The Hall–Kier alpha value is -0.880. The van der Waals surface area contributed by atoms with Crippen molar-refractivity contribution in [3.63, 3.8) is 0 Å². The molecule has 1 heterocycles. The standard InChI is InChI=1S/C15H20BrClN4/c1-20(2)6-7-21-15(13(16)10-19-21)14(18)9-11-4-3-5-12(17)8-11/h3-5,8,10,14H,6-7,9,18H2,1-2H3. The average Bonchev–Trinajstić information content (AvgIpc) is 2.77. The fourth-order valence-electron chi connectivity index (χ4n) is 2.23. The lowest BCUT2D eigenvalue weighted by Crippen LogP contribution is -2.24. The van der Waals surface area contributed by atoms with Crippen LogP contribution in [-0.4, -0.2) is 35.3 Å². The summed E-state index contributed by atoms with van der Waals surface area (Å²) in [6.45, 7) is 1.74. The highest BCUT2D eigenvalue weighted by Gasteiger charge is 2.17. The largest absolute Gasteiger partial charge is 0.322 e. The highest BCUT2D eigenvalue weighted by Crippen LogP contribution is 2.25. The Kier molecular flexibility index (Phi) is 5.81. The van der Waals surface area contributed by atoms with E-state index in [1.807, 2.05) is 49.2 Å². The monoisotopic (exact) mass is 370 g/mol. The lowest BCUT2D eigenvalue weighted by molar-refractivity contribution is 0.366. The van der Waals surface area contributed by atoms with E-state index in [0.29, 0.717) is 0 Å². The molecule has 21 heavy (non-hydrogen) atoms. The van der Waals surface area contributed by atoms with Gasteiger partial charge in [0.15, 0.2) is 0 Å². The van der Waals surface area contributed by atoms with Crippen LogP contribution in [0.5, 0.6) is 0 Å². The molecule has 4 nitrogen and oxygen atoms in total. The minimum absolute atomic E-state index is 0.123. The molecule has 0 aliphatic rings. The molecule has 0 bridgehead atoms. The zero-order valence-electron chi connectivity index (χ0n) is 12.3. The molecular formula is C15H20BrClN4. The summed E-state index contributed by atoms with van der Waals surface area (Å²) in [4.78, 5) is 2.13. The Morgan fingerprint density at radius 3 is 2.86 bits per heavy atom. The molecule has 0 fully saturated rings. The van der Waals surface area contributed by atoms with Crippen molar-refractivity contribution in [2.75, 3.05) is 20.6 Å². The first-order valence-electron chi connectivity index (χ1n) is 6.83. The summed E-state index contributed by atoms with van der Waals surface area (Å²) in [6, 6.07) is 7.69. The van der Waals surface area contributed by atoms with Gasteiger partial charge in [0.2, 0.25) is 0 Å². The molecular weight excluding hydrogens is 352 g/mol. The fraction of sp³-hybridized carbons (Fsp3) is 0.400. The number of hydrogen-bond acceptors (Lipinski definition) is 3. The van der Waals surface area contributed by atoms with Crippen LogP contribution in [-0.2, 0) is 13.0 Å². The van der Waals surface area contributed by atoms with E-state index < -0.39 is 0 Å². The van der Waals surface area contributed by atoms with Crippen molar-refractivity contribution < 1.29 is 0 Å². The quantitative estimate of drug-likeness (QED) is 0.849. The molecule has 0 saturated carbocycles. The van der Waals surface area contributed by atoms with Gasteiger partial charge in [0.1, 0.15) is 0 Å². The highest BCUT2D eigenvalue weighted by atomic mass is 79.9. The third-order valence-electron chi connectivity index (χ3n) is 3.29. The second-order valence-corrected chi connectivity index (χ2v) is 6.64. The topological polar surface area (TPSA) is 47.1 Å². The van der Waals surface area contributed by atoms with E-state index in [2.05, 4.69) is 25.9 Å². The summed E-state index contributed by atoms with van der Waals surface area (Å²) in [6.07, 6.45) is 2.54. The number of nitrogens with zero attached hydrogens (tertiary/aromatic N) is 3. The van der Waals surface area contributed by atoms with Gasteiger partial charge in [-0.2, -0.15) is 5.10 Å². The van der Waals surface area contributed by atoms with Gasteiger partial charge in [-0.15, -0.1) is 0 Å². The number of rotatable bonds is 6. The Morgan fingerprint density at radius 2 is 2.19 bits per heavy atom. The molecule has 2 rings (SSSR count). The lowest BCUT2D eigenvalue weighted by Gasteiger charge is -2.17. The van der Waals surface area contributed by atoms with Crippen molar-refractivity contribution in [3.05, 3.63) is 51.2 Å². The first-order chi connectivity index (χ1) is 9.97. The molecule has 0 aliphatic heterocycles. The molecule has 114 valence electrons. The van der Waals surface area contributed by atoms with Crippen molar-refractivity contribution in [2.24, 2.45) is 5.73 Å². The first kappa shape index (κ1) is 16.5. The maximum atomic E-state index is 6.38. The number of benzene rings is 1. The molecule has 0 aliphatic carbocycles. The van der Waals surface area contributed by atoms with Crippen LogP contribution in [0, 0.1) is 0 Å². The van der Waals surface area contributed by atoms with E-state index in [1.54, 1.807) is 0 Å². The Morgan fingerprint density at radius 1 is 1.43 bits per heavy atom. The van der Waals surface area contributed by atoms with E-state index in [9.17, 15) is 0 Å². The molecule has 6 heteroatoms. The molecule has 2 N–H and O–H groups in total. The molecule has 1 unspecified atom stereocenters. The molecule has 2 aromatic rings. The van der Waals surface area contributed by atoms with E-state index in [-0.39, 0.29) is 6.04 Å². The summed E-state index contributed by atoms with van der Waals surface area (Å²) < 4.78 is 2.93. The number of hydrogen-bond donors (Lipinski definition) is 1. The third kappa shape index (κ3) is 4.54. The summed E-state index contributed by atoms with van der Waals surface area (Å²) in [5.74, 6) is 0. The number of halogens is 2. The van der Waals surface area contributed by atoms with Gasteiger partial charge in [-0.25, -0.2) is 0 Å². The van der Waals surface area contributed by atoms with Gasteiger partial charge in [-0.1, -0.05) is 23.7 Å². The summed E-state index contributed by atoms with van der Waals surface area (Å²) in [5, 5.41) is 5.14. The molecule has 1 aromatic carbocycles. The number of likely N-dealkylation sites (N-methyl/N-ethyl adjacent to an activating group) is 1. The predicted molar refractivity (Wildman–Crippen MR) is 90.6 cm³/mol. The van der Waals surface area contributed by atoms with Crippen LogP contribution in [0.15, 0.2) is 34.9 Å². The van der Waals surface area contributed by atoms with Crippen LogP contribution in [0.1, 0.15) is 17.3 Å². The predicted octanol–water partition coefficient (Wildman–Crippen LogP) is 3.10. The van der Waals surface area contributed by atoms with Gasteiger partial charge in [0, 0.05) is 11.6 Å². The normalized spacial score (nSPS) is 12.9. The van der Waals surface area contributed by atoms with Gasteiger partial charge < -0.3 is 10.6 Å². The van der Waals surface area contributed by atoms with Gasteiger partial charge in [-0.3, -0.25) is 4.68 Å². The van der Waals surface area contributed by atoms with Gasteiger partial charge in [0.05, 0.1) is 29.0 Å². The maximum absolute atomic E-state index is 6.38. The van der Waals surface area contributed by atoms with Gasteiger partial charge >= 0.3 is 0 Å². The number of aromatic nitrogens is 2. The second kappa shape index (κ2) is 7.40. The van der Waals surface area contributed by atoms with E-state index >= 15 is 0 Å². The summed E-state index contributed by atoms with van der Waals surface area (Å²) in [5.41, 5.74) is 8.53. The minimum Gasteiger partial charge on any atom is -0.322 e. The maximum Gasteiger partial charge on any atom is 0.0697 e. The Bertz CT molecular complexity index is 597. The molecule has 1 atom stereocenters. The van der Waals surface area contributed by atoms with E-state index in [4.69, 9.17) is 17.3 Å². The van der Waals surface area contributed by atoms with E-state index in [1.165, 1.54) is 0 Å². The fourth-order valence-corrected chi connectivity index (χ4v) is 3.03. The van der Waals surface area contributed by atoms with Crippen LogP contribution in [0.3, 0.4) is 0 Å². The van der Waals surface area contributed by atoms with Crippen molar-refractivity contribution in [1.29, 1.82) is 0 Å². The smallest absolute Gasteiger partial charge is 0.0697 e. The Balaban J connectivity index is 2.14. The van der Waals surface area contributed by atoms with Crippen molar-refractivity contribution in [3.8, 4) is 0 Å². The molecule has 0 saturated heterocycles. The first-order valence-corrected chi connectivity index (χ1v) is 8.00. The molecule has 0 radical (unpaired) electrons. The van der Waals surface area contributed by atoms with Crippen LogP contribution in [0.4, 0.5) is 0 Å². The van der Waals surface area contributed by atoms with Gasteiger partial charge in [0.25, 0.3) is 0 Å². The zero-order valence-corrected chi connectivity index (χ0v) is 14.6. The molecule has 0 amide bonds. The van der Waals surface area contributed by atoms with Crippen LogP contribution < -0.4 is 5.73 Å². The van der Waals surface area contributed by atoms with Crippen molar-refractivity contribution >= 4 is 27.5 Å². The zero-order chi connectivity index (χ0) is 15.4. The Labute approximate surface area is 139 Å². The van der Waals surface area contributed by atoms with Crippen molar-refractivity contribution in [2.45, 2.75) is 19.0 Å². The van der Waals surface area contributed by atoms with Crippen LogP contribution in [0.25, 0.3) is 0 Å². The number of nitrogens with two attached hydrogens (primary N) is 1. The van der Waals surface area contributed by atoms with Crippen molar-refractivity contribution in [1.82, 2.24) is 14.7 Å². The molecule has 1 aromatic heterocycles. The van der Waals surface area contributed by atoms with Crippen LogP contribution >= 0.6 is 27.5 Å². The van der Waals surface area contributed by atoms with E-state index in [0.717, 1.165) is 40.3 Å². The molecule has 0 spiro atoms. The highest BCUT2D eigenvalue weighted by molar-refractivity contribution is 9.10. The van der Waals surface area contributed by atoms with Crippen LogP contribution in [0.2, 0.25) is 5.02 Å².